The molecule has 0 fully saturated rings. The SMILES string of the molecule is CCc1nn(C)c(NCc2ccccc2OC(F)F)c1[N+](=O)[O-]. The first kappa shape index (κ1) is 16.7. The van der Waals surface area contributed by atoms with Crippen molar-refractivity contribution < 1.29 is 18.4 Å². The molecule has 23 heavy (non-hydrogen) atoms. The molecular formula is C14H16F2N4O3. The second kappa shape index (κ2) is 7.03. The van der Waals surface area contributed by atoms with Crippen molar-refractivity contribution in [2.24, 2.45) is 7.05 Å². The van der Waals surface area contributed by atoms with Crippen LogP contribution in [0.2, 0.25) is 0 Å². The maximum atomic E-state index is 12.4. The summed E-state index contributed by atoms with van der Waals surface area (Å²) in [7, 11) is 1.58. The molecule has 0 amide bonds. The number of rotatable bonds is 7. The van der Waals surface area contributed by atoms with Gasteiger partial charge in [0.2, 0.25) is 5.82 Å². The quantitative estimate of drug-likeness (QED) is 0.624. The lowest BCUT2D eigenvalue weighted by Gasteiger charge is -2.11. The zero-order chi connectivity index (χ0) is 17.0. The molecule has 1 aromatic heterocycles. The fourth-order valence-corrected chi connectivity index (χ4v) is 2.24. The second-order valence-electron chi connectivity index (χ2n) is 4.72. The van der Waals surface area contributed by atoms with Gasteiger partial charge in [-0.1, -0.05) is 25.1 Å². The van der Waals surface area contributed by atoms with Gasteiger partial charge in [-0.3, -0.25) is 10.1 Å². The maximum Gasteiger partial charge on any atom is 0.387 e. The number of para-hydroxylation sites is 1. The van der Waals surface area contributed by atoms with Crippen molar-refractivity contribution in [3.63, 3.8) is 0 Å². The fourth-order valence-electron chi connectivity index (χ4n) is 2.24. The van der Waals surface area contributed by atoms with Crippen LogP contribution in [0.1, 0.15) is 18.2 Å². The van der Waals surface area contributed by atoms with E-state index in [2.05, 4.69) is 15.2 Å². The van der Waals surface area contributed by atoms with Crippen LogP contribution in [0, 0.1) is 10.1 Å². The van der Waals surface area contributed by atoms with Gasteiger partial charge in [0, 0.05) is 19.2 Å². The number of nitrogens with zero attached hydrogens (tertiary/aromatic N) is 3. The summed E-state index contributed by atoms with van der Waals surface area (Å²) in [6.07, 6.45) is 0.414. The third-order valence-corrected chi connectivity index (χ3v) is 3.24. The first-order valence-electron chi connectivity index (χ1n) is 6.90. The molecule has 0 bridgehead atoms. The van der Waals surface area contributed by atoms with E-state index in [0.717, 1.165) is 0 Å². The minimum Gasteiger partial charge on any atom is -0.434 e. The molecule has 7 nitrogen and oxygen atoms in total. The molecule has 0 radical (unpaired) electrons. The molecular weight excluding hydrogens is 310 g/mol. The Kier molecular flexibility index (Phi) is 5.09. The summed E-state index contributed by atoms with van der Waals surface area (Å²) in [5.74, 6) is 0.245. The molecule has 9 heteroatoms. The normalized spacial score (nSPS) is 10.8. The number of nitrogens with one attached hydrogen (secondary N) is 1. The van der Waals surface area contributed by atoms with E-state index in [0.29, 0.717) is 17.7 Å². The van der Waals surface area contributed by atoms with Crippen molar-refractivity contribution in [2.75, 3.05) is 5.32 Å². The van der Waals surface area contributed by atoms with Gasteiger partial charge in [-0.25, -0.2) is 4.68 Å². The van der Waals surface area contributed by atoms with Gasteiger partial charge in [-0.2, -0.15) is 13.9 Å². The summed E-state index contributed by atoms with van der Waals surface area (Å²) in [6, 6.07) is 6.26. The maximum absolute atomic E-state index is 12.4. The van der Waals surface area contributed by atoms with E-state index in [9.17, 15) is 18.9 Å². The average Bonchev–Trinajstić information content (AvgIpc) is 2.82. The summed E-state index contributed by atoms with van der Waals surface area (Å²) in [5, 5.41) is 18.2. The predicted molar refractivity (Wildman–Crippen MR) is 79.6 cm³/mol. The predicted octanol–water partition coefficient (Wildman–Crippen LogP) is 3.10. The van der Waals surface area contributed by atoms with Crippen molar-refractivity contribution in [1.29, 1.82) is 0 Å². The highest BCUT2D eigenvalue weighted by Gasteiger charge is 2.25. The van der Waals surface area contributed by atoms with Gasteiger partial charge >= 0.3 is 12.3 Å². The van der Waals surface area contributed by atoms with Gasteiger partial charge in [-0.15, -0.1) is 0 Å². The first-order valence-corrected chi connectivity index (χ1v) is 6.90. The van der Waals surface area contributed by atoms with E-state index in [-0.39, 0.29) is 23.8 Å². The molecule has 0 aliphatic carbocycles. The van der Waals surface area contributed by atoms with Crippen LogP contribution < -0.4 is 10.1 Å². The summed E-state index contributed by atoms with van der Waals surface area (Å²) in [5.41, 5.74) is 0.709. The third kappa shape index (κ3) is 3.74. The van der Waals surface area contributed by atoms with Crippen LogP contribution in [-0.4, -0.2) is 21.3 Å². The molecule has 1 heterocycles. The minimum absolute atomic E-state index is 0.0236. The summed E-state index contributed by atoms with van der Waals surface area (Å²) in [4.78, 5) is 10.7. The number of halogens is 2. The Hall–Kier alpha value is -2.71. The Balaban J connectivity index is 2.25. The van der Waals surface area contributed by atoms with E-state index in [1.54, 1.807) is 32.2 Å². The zero-order valence-electron chi connectivity index (χ0n) is 12.6. The largest absolute Gasteiger partial charge is 0.434 e. The number of nitro groups is 1. The van der Waals surface area contributed by atoms with Gasteiger partial charge in [0.25, 0.3) is 0 Å². The number of hydrogen-bond acceptors (Lipinski definition) is 5. The van der Waals surface area contributed by atoms with Crippen LogP contribution in [0.5, 0.6) is 5.75 Å². The van der Waals surface area contributed by atoms with Crippen LogP contribution in [0.4, 0.5) is 20.3 Å². The molecule has 0 aliphatic heterocycles. The fraction of sp³-hybridized carbons (Fsp3) is 0.357. The molecule has 0 saturated carbocycles. The second-order valence-corrected chi connectivity index (χ2v) is 4.72. The smallest absolute Gasteiger partial charge is 0.387 e. The summed E-state index contributed by atoms with van der Waals surface area (Å²) < 4.78 is 30.6. The number of benzene rings is 1. The Morgan fingerprint density at radius 1 is 1.43 bits per heavy atom. The lowest BCUT2D eigenvalue weighted by molar-refractivity contribution is -0.384. The van der Waals surface area contributed by atoms with E-state index in [1.165, 1.54) is 10.7 Å². The van der Waals surface area contributed by atoms with Gasteiger partial charge in [0.05, 0.1) is 4.92 Å². The topological polar surface area (TPSA) is 82.2 Å². The number of anilines is 1. The molecule has 0 spiro atoms. The van der Waals surface area contributed by atoms with Crippen molar-refractivity contribution >= 4 is 11.5 Å². The van der Waals surface area contributed by atoms with Crippen LogP contribution in [0.3, 0.4) is 0 Å². The Morgan fingerprint density at radius 3 is 2.74 bits per heavy atom. The van der Waals surface area contributed by atoms with Gasteiger partial charge < -0.3 is 10.1 Å². The Labute approximate surface area is 131 Å². The van der Waals surface area contributed by atoms with Crippen molar-refractivity contribution in [3.8, 4) is 5.75 Å². The highest BCUT2D eigenvalue weighted by atomic mass is 19.3. The molecule has 0 unspecified atom stereocenters. The van der Waals surface area contributed by atoms with Crippen molar-refractivity contribution in [1.82, 2.24) is 9.78 Å². The number of alkyl halides is 2. The van der Waals surface area contributed by atoms with E-state index in [1.807, 2.05) is 0 Å². The minimum atomic E-state index is -2.94. The summed E-state index contributed by atoms with van der Waals surface area (Å²) in [6.45, 7) is -1.08. The van der Waals surface area contributed by atoms with Crippen molar-refractivity contribution in [2.45, 2.75) is 26.5 Å². The zero-order valence-corrected chi connectivity index (χ0v) is 12.6. The average molecular weight is 326 g/mol. The summed E-state index contributed by atoms with van der Waals surface area (Å²) >= 11 is 0. The van der Waals surface area contributed by atoms with Gasteiger partial charge in [-0.05, 0) is 12.5 Å². The molecule has 0 saturated heterocycles. The van der Waals surface area contributed by atoms with Crippen LogP contribution in [0.25, 0.3) is 0 Å². The highest BCUT2D eigenvalue weighted by Crippen LogP contribution is 2.29. The van der Waals surface area contributed by atoms with Crippen molar-refractivity contribution in [3.05, 3.63) is 45.6 Å². The van der Waals surface area contributed by atoms with Crippen LogP contribution in [-0.2, 0) is 20.0 Å². The molecule has 0 aliphatic rings. The molecule has 124 valence electrons. The first-order chi connectivity index (χ1) is 10.9. The van der Waals surface area contributed by atoms with Gasteiger partial charge in [0.1, 0.15) is 11.4 Å². The van der Waals surface area contributed by atoms with E-state index < -0.39 is 11.5 Å². The third-order valence-electron chi connectivity index (χ3n) is 3.24. The molecule has 1 N–H and O–H groups in total. The Bertz CT molecular complexity index is 703. The monoisotopic (exact) mass is 326 g/mol. The van der Waals surface area contributed by atoms with E-state index in [4.69, 9.17) is 0 Å². The molecule has 2 aromatic rings. The van der Waals surface area contributed by atoms with Crippen LogP contribution in [0.15, 0.2) is 24.3 Å². The van der Waals surface area contributed by atoms with Crippen LogP contribution >= 0.6 is 0 Å². The van der Waals surface area contributed by atoms with E-state index >= 15 is 0 Å². The molecule has 2 rings (SSSR count). The number of ether oxygens (including phenoxy) is 1. The molecule has 0 atom stereocenters. The highest BCUT2D eigenvalue weighted by molar-refractivity contribution is 5.60. The van der Waals surface area contributed by atoms with Gasteiger partial charge in [0.15, 0.2) is 0 Å². The number of hydrogen-bond donors (Lipinski definition) is 1. The Morgan fingerprint density at radius 2 is 2.13 bits per heavy atom. The molecule has 1 aromatic carbocycles. The number of aryl methyl sites for hydroxylation is 2. The number of aromatic nitrogens is 2. The lowest BCUT2D eigenvalue weighted by atomic mass is 10.2. The lowest BCUT2D eigenvalue weighted by Crippen LogP contribution is -2.09. The standard InChI is InChI=1S/C14H16F2N4O3/c1-3-10-12(20(21)22)13(19(2)18-10)17-8-9-6-4-5-7-11(9)23-14(15)16/h4-7,14,17H,3,8H2,1-2H3.